The van der Waals surface area contributed by atoms with Crippen molar-refractivity contribution < 1.29 is 19.2 Å². The number of nitrogens with one attached hydrogen (secondary N) is 2. The predicted octanol–water partition coefficient (Wildman–Crippen LogP) is 1.59. The number of hydrazine groups is 1. The summed E-state index contributed by atoms with van der Waals surface area (Å²) in [7, 11) is 0. The first kappa shape index (κ1) is 22.3. The first-order valence-electron chi connectivity index (χ1n) is 10.9. The second-order valence-electron chi connectivity index (χ2n) is 7.92. The number of rotatable bonds is 7. The maximum Gasteiger partial charge on any atom is 0.355 e. The molecule has 0 bridgehead atoms. The van der Waals surface area contributed by atoms with Gasteiger partial charge in [0.2, 0.25) is 18.4 Å². The van der Waals surface area contributed by atoms with Gasteiger partial charge in [-0.25, -0.2) is 9.97 Å². The molecule has 1 aromatic carbocycles. The molecule has 0 spiro atoms. The monoisotopic (exact) mass is 478 g/mol. The topological polar surface area (TPSA) is 148 Å². The van der Waals surface area contributed by atoms with E-state index in [4.69, 9.17) is 9.47 Å². The molecule has 13 nitrogen and oxygen atoms in total. The fourth-order valence-corrected chi connectivity index (χ4v) is 3.97. The molecule has 0 saturated carbocycles. The third-order valence-corrected chi connectivity index (χ3v) is 5.74. The number of pyridine rings is 1. The van der Waals surface area contributed by atoms with Crippen molar-refractivity contribution in [1.29, 1.82) is 0 Å². The van der Waals surface area contributed by atoms with E-state index in [2.05, 4.69) is 30.7 Å². The van der Waals surface area contributed by atoms with Gasteiger partial charge in [0.25, 0.3) is 5.91 Å². The van der Waals surface area contributed by atoms with Crippen LogP contribution in [0.4, 0.5) is 17.3 Å². The molecule has 2 aliphatic rings. The number of carbonyl (C=O) groups is 1. The molecule has 35 heavy (non-hydrogen) atoms. The van der Waals surface area contributed by atoms with Crippen molar-refractivity contribution in [3.8, 4) is 11.5 Å². The smallest absolute Gasteiger partial charge is 0.355 e. The minimum Gasteiger partial charge on any atom is -0.454 e. The van der Waals surface area contributed by atoms with E-state index in [1.165, 1.54) is 30.9 Å². The standard InChI is InChI=1S/C22H22N8O5/c31-22(16-3-5-23-6-4-16)27-26-20-19(30(32)33)21(25-13-24-20)29-9-7-28(8-10-29)12-15-1-2-17-18(11-15)35-14-34-17/h1-6,11,13H,7-10,12,14H2,(H,27,31)(H,24,25,26). The Bertz CT molecular complexity index is 1230. The van der Waals surface area contributed by atoms with Crippen LogP contribution in [-0.4, -0.2) is 63.7 Å². The van der Waals surface area contributed by atoms with E-state index in [-0.39, 0.29) is 24.1 Å². The molecule has 0 atom stereocenters. The second kappa shape index (κ2) is 9.77. The Balaban J connectivity index is 1.24. The van der Waals surface area contributed by atoms with Crippen LogP contribution in [0.1, 0.15) is 15.9 Å². The number of carbonyl (C=O) groups excluding carboxylic acids is 1. The van der Waals surface area contributed by atoms with Gasteiger partial charge in [-0.2, -0.15) is 0 Å². The molecule has 180 valence electrons. The van der Waals surface area contributed by atoms with E-state index in [9.17, 15) is 14.9 Å². The summed E-state index contributed by atoms with van der Waals surface area (Å²) in [6, 6.07) is 8.94. The summed E-state index contributed by atoms with van der Waals surface area (Å²) >= 11 is 0. The Morgan fingerprint density at radius 1 is 1.06 bits per heavy atom. The van der Waals surface area contributed by atoms with Crippen molar-refractivity contribution in [2.24, 2.45) is 0 Å². The van der Waals surface area contributed by atoms with E-state index >= 15 is 0 Å². The number of aromatic nitrogens is 3. The Morgan fingerprint density at radius 2 is 1.83 bits per heavy atom. The zero-order valence-electron chi connectivity index (χ0n) is 18.6. The fraction of sp³-hybridized carbons (Fsp3) is 0.273. The van der Waals surface area contributed by atoms with Gasteiger partial charge in [-0.3, -0.25) is 35.6 Å². The van der Waals surface area contributed by atoms with Gasteiger partial charge < -0.3 is 14.4 Å². The molecule has 2 N–H and O–H groups in total. The first-order chi connectivity index (χ1) is 17.1. The van der Waals surface area contributed by atoms with Gasteiger partial charge in [-0.15, -0.1) is 0 Å². The SMILES string of the molecule is O=C(NNc1ncnc(N2CCN(Cc3ccc4c(c3)OCO4)CC2)c1[N+](=O)[O-])c1ccncc1. The molecule has 2 aromatic heterocycles. The van der Waals surface area contributed by atoms with E-state index in [0.29, 0.717) is 31.7 Å². The van der Waals surface area contributed by atoms with Gasteiger partial charge in [-0.1, -0.05) is 6.07 Å². The average Bonchev–Trinajstić information content (AvgIpc) is 3.36. The number of nitrogens with zero attached hydrogens (tertiary/aromatic N) is 6. The lowest BCUT2D eigenvalue weighted by molar-refractivity contribution is -0.383. The third-order valence-electron chi connectivity index (χ3n) is 5.74. The van der Waals surface area contributed by atoms with Crippen molar-refractivity contribution in [3.63, 3.8) is 0 Å². The molecule has 1 fully saturated rings. The molecule has 0 unspecified atom stereocenters. The number of amides is 1. The quantitative estimate of drug-likeness (QED) is 0.377. The molecule has 13 heteroatoms. The number of anilines is 2. The molecule has 1 saturated heterocycles. The lowest BCUT2D eigenvalue weighted by Crippen LogP contribution is -2.46. The van der Waals surface area contributed by atoms with Crippen molar-refractivity contribution in [3.05, 3.63) is 70.3 Å². The van der Waals surface area contributed by atoms with Crippen LogP contribution in [0.5, 0.6) is 11.5 Å². The van der Waals surface area contributed by atoms with Gasteiger partial charge in [0, 0.05) is 50.7 Å². The van der Waals surface area contributed by atoms with Crippen LogP contribution >= 0.6 is 0 Å². The molecular formula is C22H22N8O5. The van der Waals surface area contributed by atoms with Crippen LogP contribution in [0.15, 0.2) is 49.1 Å². The number of piperazine rings is 1. The summed E-state index contributed by atoms with van der Waals surface area (Å²) < 4.78 is 10.8. The normalized spacial score (nSPS) is 15.0. The molecule has 4 heterocycles. The van der Waals surface area contributed by atoms with Crippen LogP contribution in [0, 0.1) is 10.1 Å². The highest BCUT2D eigenvalue weighted by molar-refractivity contribution is 5.94. The van der Waals surface area contributed by atoms with Crippen molar-refractivity contribution in [2.75, 3.05) is 43.3 Å². The highest BCUT2D eigenvalue weighted by Crippen LogP contribution is 2.34. The molecule has 0 aliphatic carbocycles. The van der Waals surface area contributed by atoms with Gasteiger partial charge in [0.1, 0.15) is 6.33 Å². The van der Waals surface area contributed by atoms with Gasteiger partial charge in [-0.05, 0) is 29.8 Å². The van der Waals surface area contributed by atoms with E-state index < -0.39 is 10.8 Å². The zero-order valence-corrected chi connectivity index (χ0v) is 18.6. The zero-order chi connectivity index (χ0) is 24.2. The van der Waals surface area contributed by atoms with E-state index in [1.807, 2.05) is 23.1 Å². The van der Waals surface area contributed by atoms with Crippen molar-refractivity contribution >= 4 is 23.2 Å². The summed E-state index contributed by atoms with van der Waals surface area (Å²) in [5.74, 6) is 1.13. The summed E-state index contributed by atoms with van der Waals surface area (Å²) in [6.45, 7) is 3.44. The van der Waals surface area contributed by atoms with Crippen molar-refractivity contribution in [1.82, 2.24) is 25.3 Å². The molecule has 3 aromatic rings. The highest BCUT2D eigenvalue weighted by Gasteiger charge is 2.29. The van der Waals surface area contributed by atoms with E-state index in [0.717, 1.165) is 23.6 Å². The Morgan fingerprint density at radius 3 is 2.60 bits per heavy atom. The second-order valence-corrected chi connectivity index (χ2v) is 7.92. The minimum absolute atomic E-state index is 0.0924. The number of fused-ring (bicyclic) bond motifs is 1. The van der Waals surface area contributed by atoms with E-state index in [1.54, 1.807) is 0 Å². The Hall–Kier alpha value is -4.52. The number of hydrogen-bond acceptors (Lipinski definition) is 11. The average molecular weight is 478 g/mol. The first-order valence-corrected chi connectivity index (χ1v) is 10.9. The van der Waals surface area contributed by atoms with Gasteiger partial charge in [0.15, 0.2) is 11.5 Å². The molecular weight excluding hydrogens is 456 g/mol. The number of hydrogen-bond donors (Lipinski definition) is 2. The van der Waals surface area contributed by atoms with Crippen LogP contribution in [-0.2, 0) is 6.54 Å². The summed E-state index contributed by atoms with van der Waals surface area (Å²) in [5, 5.41) is 11.9. The van der Waals surface area contributed by atoms with Crippen LogP contribution < -0.4 is 25.2 Å². The number of benzene rings is 1. The molecule has 1 amide bonds. The lowest BCUT2D eigenvalue weighted by atomic mass is 10.1. The number of ether oxygens (including phenoxy) is 2. The summed E-state index contributed by atoms with van der Waals surface area (Å²) in [5.41, 5.74) is 6.15. The summed E-state index contributed by atoms with van der Waals surface area (Å²) in [4.78, 5) is 39.8. The van der Waals surface area contributed by atoms with Crippen LogP contribution in [0.3, 0.4) is 0 Å². The highest BCUT2D eigenvalue weighted by atomic mass is 16.7. The maximum atomic E-state index is 12.3. The van der Waals surface area contributed by atoms with Crippen molar-refractivity contribution in [2.45, 2.75) is 6.54 Å². The molecule has 2 aliphatic heterocycles. The summed E-state index contributed by atoms with van der Waals surface area (Å²) in [6.07, 6.45) is 4.20. The predicted molar refractivity (Wildman–Crippen MR) is 124 cm³/mol. The van der Waals surface area contributed by atoms with Gasteiger partial charge in [0.05, 0.1) is 4.92 Å². The largest absolute Gasteiger partial charge is 0.454 e. The number of nitro groups is 1. The minimum atomic E-state index is -0.546. The molecule has 5 rings (SSSR count). The van der Waals surface area contributed by atoms with Crippen LogP contribution in [0.2, 0.25) is 0 Å². The van der Waals surface area contributed by atoms with Gasteiger partial charge >= 0.3 is 5.69 Å². The fourth-order valence-electron chi connectivity index (χ4n) is 3.97. The third kappa shape index (κ3) is 4.89. The Labute approximate surface area is 199 Å². The molecule has 0 radical (unpaired) electrons. The van der Waals surface area contributed by atoms with Crippen LogP contribution in [0.25, 0.3) is 0 Å². The Kier molecular flexibility index (Phi) is 6.22. The lowest BCUT2D eigenvalue weighted by Gasteiger charge is -2.35. The maximum absolute atomic E-state index is 12.3.